The lowest BCUT2D eigenvalue weighted by Crippen LogP contribution is -2.15. The summed E-state index contributed by atoms with van der Waals surface area (Å²) in [5, 5.41) is 0. The van der Waals surface area contributed by atoms with Gasteiger partial charge in [-0.1, -0.05) is 26.7 Å². The summed E-state index contributed by atoms with van der Waals surface area (Å²) >= 11 is 0. The highest BCUT2D eigenvalue weighted by molar-refractivity contribution is 6.03. The van der Waals surface area contributed by atoms with Gasteiger partial charge in [0.15, 0.2) is 0 Å². The van der Waals surface area contributed by atoms with E-state index in [4.69, 9.17) is 15.2 Å². The molecule has 0 heterocycles. The lowest BCUT2D eigenvalue weighted by molar-refractivity contribution is 0.0452. The maximum atomic E-state index is 12.0. The quantitative estimate of drug-likeness (QED) is 0.452. The van der Waals surface area contributed by atoms with Gasteiger partial charge in [-0.05, 0) is 31.0 Å². The first-order chi connectivity index (χ1) is 10.1. The van der Waals surface area contributed by atoms with E-state index in [1.807, 2.05) is 13.8 Å². The molecule has 0 bridgehead atoms. The fourth-order valence-electron chi connectivity index (χ4n) is 1.68. The van der Waals surface area contributed by atoms with Gasteiger partial charge in [-0.2, -0.15) is 0 Å². The molecule has 0 saturated heterocycles. The standard InChI is InChI=1S/C16H23NO4/c1-3-5-9-20-15(18)13-8-7-12(17)11-14(13)16(19)21-10-6-4-2/h7-8,11H,3-6,9-10,17H2,1-2H3. The van der Waals surface area contributed by atoms with Gasteiger partial charge in [0.05, 0.1) is 24.3 Å². The molecule has 1 rings (SSSR count). The molecule has 0 saturated carbocycles. The third-order valence-corrected chi connectivity index (χ3v) is 2.95. The number of rotatable bonds is 8. The van der Waals surface area contributed by atoms with Crippen LogP contribution in [0, 0.1) is 0 Å². The van der Waals surface area contributed by atoms with E-state index >= 15 is 0 Å². The molecule has 0 aliphatic heterocycles. The monoisotopic (exact) mass is 293 g/mol. The Kier molecular flexibility index (Phi) is 7.29. The lowest BCUT2D eigenvalue weighted by Gasteiger charge is -2.10. The minimum atomic E-state index is -0.543. The van der Waals surface area contributed by atoms with Crippen molar-refractivity contribution in [3.63, 3.8) is 0 Å². The van der Waals surface area contributed by atoms with E-state index in [1.165, 1.54) is 12.1 Å². The van der Waals surface area contributed by atoms with Crippen LogP contribution >= 0.6 is 0 Å². The summed E-state index contributed by atoms with van der Waals surface area (Å²) in [6.45, 7) is 4.68. The molecule has 0 aromatic heterocycles. The molecule has 2 N–H and O–H groups in total. The average Bonchev–Trinajstić information content (AvgIpc) is 2.47. The average molecular weight is 293 g/mol. The fourth-order valence-corrected chi connectivity index (χ4v) is 1.68. The number of nitrogens with two attached hydrogens (primary N) is 1. The van der Waals surface area contributed by atoms with Gasteiger partial charge in [0, 0.05) is 5.69 Å². The van der Waals surface area contributed by atoms with Crippen LogP contribution in [0.1, 0.15) is 60.2 Å². The normalized spacial score (nSPS) is 10.2. The van der Waals surface area contributed by atoms with Crippen LogP contribution in [-0.2, 0) is 9.47 Å². The van der Waals surface area contributed by atoms with Gasteiger partial charge in [-0.3, -0.25) is 0 Å². The number of nitrogen functional groups attached to an aromatic ring is 1. The minimum Gasteiger partial charge on any atom is -0.462 e. The van der Waals surface area contributed by atoms with Crippen molar-refractivity contribution in [3.05, 3.63) is 29.3 Å². The van der Waals surface area contributed by atoms with Crippen LogP contribution in [0.3, 0.4) is 0 Å². The summed E-state index contributed by atoms with van der Waals surface area (Å²) in [4.78, 5) is 24.1. The van der Waals surface area contributed by atoms with Crippen molar-refractivity contribution in [2.24, 2.45) is 0 Å². The third-order valence-electron chi connectivity index (χ3n) is 2.95. The zero-order valence-electron chi connectivity index (χ0n) is 12.7. The molecule has 0 aliphatic carbocycles. The maximum Gasteiger partial charge on any atom is 0.339 e. The van der Waals surface area contributed by atoms with Gasteiger partial charge in [0.1, 0.15) is 0 Å². The number of benzene rings is 1. The number of anilines is 1. The summed E-state index contributed by atoms with van der Waals surface area (Å²) in [5.74, 6) is -1.07. The Balaban J connectivity index is 2.83. The van der Waals surface area contributed by atoms with Crippen LogP contribution in [0.2, 0.25) is 0 Å². The highest BCUT2D eigenvalue weighted by Gasteiger charge is 2.19. The number of hydrogen-bond donors (Lipinski definition) is 1. The molecular formula is C16H23NO4. The molecule has 5 heteroatoms. The number of carbonyl (C=O) groups is 2. The van der Waals surface area contributed by atoms with Crippen LogP contribution in [0.25, 0.3) is 0 Å². The molecule has 5 nitrogen and oxygen atoms in total. The van der Waals surface area contributed by atoms with Gasteiger partial charge in [-0.15, -0.1) is 0 Å². The molecule has 0 spiro atoms. The molecule has 0 aliphatic rings. The van der Waals surface area contributed by atoms with Gasteiger partial charge in [0.25, 0.3) is 0 Å². The minimum absolute atomic E-state index is 0.160. The molecular weight excluding hydrogens is 270 g/mol. The number of hydrogen-bond acceptors (Lipinski definition) is 5. The van der Waals surface area contributed by atoms with E-state index in [0.29, 0.717) is 18.9 Å². The van der Waals surface area contributed by atoms with Crippen molar-refractivity contribution >= 4 is 17.6 Å². The van der Waals surface area contributed by atoms with E-state index in [2.05, 4.69) is 0 Å². The Bertz CT molecular complexity index is 485. The molecule has 0 fully saturated rings. The van der Waals surface area contributed by atoms with Crippen molar-refractivity contribution in [1.29, 1.82) is 0 Å². The van der Waals surface area contributed by atoms with Crippen molar-refractivity contribution in [3.8, 4) is 0 Å². The smallest absolute Gasteiger partial charge is 0.339 e. The summed E-state index contributed by atoms with van der Waals surface area (Å²) < 4.78 is 10.3. The van der Waals surface area contributed by atoms with Crippen molar-refractivity contribution in [2.75, 3.05) is 18.9 Å². The number of unbranched alkanes of at least 4 members (excludes halogenated alkanes) is 2. The van der Waals surface area contributed by atoms with Gasteiger partial charge in [0.2, 0.25) is 0 Å². The lowest BCUT2D eigenvalue weighted by atomic mass is 10.1. The Hall–Kier alpha value is -2.04. The summed E-state index contributed by atoms with van der Waals surface area (Å²) in [5.41, 5.74) is 6.44. The predicted molar refractivity (Wildman–Crippen MR) is 81.2 cm³/mol. The second kappa shape index (κ2) is 9.00. The van der Waals surface area contributed by atoms with Gasteiger partial charge in [-0.25, -0.2) is 9.59 Å². The van der Waals surface area contributed by atoms with E-state index in [0.717, 1.165) is 25.7 Å². The molecule has 0 atom stereocenters. The SMILES string of the molecule is CCCCOC(=O)c1ccc(N)cc1C(=O)OCCCC. The second-order valence-corrected chi connectivity index (χ2v) is 4.78. The maximum absolute atomic E-state index is 12.0. The third kappa shape index (κ3) is 5.45. The number of carbonyl (C=O) groups excluding carboxylic acids is 2. The fraction of sp³-hybridized carbons (Fsp3) is 0.500. The molecule has 116 valence electrons. The van der Waals surface area contributed by atoms with Crippen molar-refractivity contribution < 1.29 is 19.1 Å². The largest absolute Gasteiger partial charge is 0.462 e. The molecule has 21 heavy (non-hydrogen) atoms. The summed E-state index contributed by atoms with van der Waals surface area (Å²) in [7, 11) is 0. The first-order valence-corrected chi connectivity index (χ1v) is 7.33. The van der Waals surface area contributed by atoms with E-state index in [9.17, 15) is 9.59 Å². The molecule has 1 aromatic rings. The van der Waals surface area contributed by atoms with E-state index in [-0.39, 0.29) is 11.1 Å². The van der Waals surface area contributed by atoms with Crippen molar-refractivity contribution in [2.45, 2.75) is 39.5 Å². The zero-order chi connectivity index (χ0) is 15.7. The summed E-state index contributed by atoms with van der Waals surface area (Å²) in [6.07, 6.45) is 3.43. The highest BCUT2D eigenvalue weighted by Crippen LogP contribution is 2.16. The van der Waals surface area contributed by atoms with Crippen LogP contribution in [0.5, 0.6) is 0 Å². The first kappa shape index (κ1) is 17.0. The Morgan fingerprint density at radius 2 is 1.48 bits per heavy atom. The highest BCUT2D eigenvalue weighted by atomic mass is 16.5. The predicted octanol–water partition coefficient (Wildman–Crippen LogP) is 3.18. The second-order valence-electron chi connectivity index (χ2n) is 4.78. The Morgan fingerprint density at radius 3 is 2.00 bits per heavy atom. The Morgan fingerprint density at radius 1 is 0.952 bits per heavy atom. The van der Waals surface area contributed by atoms with E-state index in [1.54, 1.807) is 6.07 Å². The van der Waals surface area contributed by atoms with Crippen LogP contribution < -0.4 is 5.73 Å². The topological polar surface area (TPSA) is 78.6 Å². The van der Waals surface area contributed by atoms with Gasteiger partial charge < -0.3 is 15.2 Å². The summed E-state index contributed by atoms with van der Waals surface area (Å²) in [6, 6.07) is 4.52. The van der Waals surface area contributed by atoms with E-state index < -0.39 is 11.9 Å². The molecule has 0 unspecified atom stereocenters. The van der Waals surface area contributed by atoms with Gasteiger partial charge >= 0.3 is 11.9 Å². The van der Waals surface area contributed by atoms with Crippen molar-refractivity contribution in [1.82, 2.24) is 0 Å². The van der Waals surface area contributed by atoms with Crippen LogP contribution in [0.4, 0.5) is 5.69 Å². The Labute approximate surface area is 125 Å². The molecule has 0 amide bonds. The van der Waals surface area contributed by atoms with Crippen LogP contribution in [-0.4, -0.2) is 25.2 Å². The van der Waals surface area contributed by atoms with Crippen LogP contribution in [0.15, 0.2) is 18.2 Å². The first-order valence-electron chi connectivity index (χ1n) is 7.33. The number of ether oxygens (including phenoxy) is 2. The number of esters is 2. The molecule has 0 radical (unpaired) electrons. The molecule has 1 aromatic carbocycles. The zero-order valence-corrected chi connectivity index (χ0v) is 12.7.